The number of hydrogen-bond acceptors (Lipinski definition) is 7. The molecule has 24 heavy (non-hydrogen) atoms. The summed E-state index contributed by atoms with van der Waals surface area (Å²) in [6, 6.07) is 3.06. The Kier molecular flexibility index (Phi) is 5.82. The van der Waals surface area contributed by atoms with Crippen LogP contribution in [-0.4, -0.2) is 38.4 Å². The highest BCUT2D eigenvalue weighted by Crippen LogP contribution is 2.42. The van der Waals surface area contributed by atoms with Gasteiger partial charge in [0.1, 0.15) is 28.7 Å². The van der Waals surface area contributed by atoms with Crippen molar-refractivity contribution in [1.82, 2.24) is 15.3 Å². The van der Waals surface area contributed by atoms with Crippen LogP contribution < -0.4 is 11.1 Å². The molecule has 2 aromatic rings. The van der Waals surface area contributed by atoms with Crippen molar-refractivity contribution in [3.05, 3.63) is 29.5 Å². The molecule has 130 valence electrons. The Labute approximate surface area is 146 Å². The summed E-state index contributed by atoms with van der Waals surface area (Å²) < 4.78 is 0. The molecule has 3 rings (SSSR count). The van der Waals surface area contributed by atoms with E-state index in [2.05, 4.69) is 15.3 Å². The second-order valence-corrected chi connectivity index (χ2v) is 5.66. The standard InChI is InChI=1S/C16H20N4O3.ClH/c17-16-10(8-21)12(9-3-1-5-18-7-9)15(23)14(20-16)13-11(22)4-2-6-19-13;/h2,4,6,9,18,21-23H,1,3,5,7-8H2,(H2,17,20);1H. The van der Waals surface area contributed by atoms with Crippen LogP contribution in [0.4, 0.5) is 5.82 Å². The van der Waals surface area contributed by atoms with Crippen molar-refractivity contribution >= 4 is 18.2 Å². The number of halogens is 1. The molecule has 0 aliphatic carbocycles. The van der Waals surface area contributed by atoms with Gasteiger partial charge in [-0.15, -0.1) is 12.4 Å². The molecular weight excluding hydrogens is 332 g/mol. The Morgan fingerprint density at radius 3 is 2.71 bits per heavy atom. The van der Waals surface area contributed by atoms with Crippen LogP contribution in [0.5, 0.6) is 11.5 Å². The highest BCUT2D eigenvalue weighted by molar-refractivity contribution is 5.85. The summed E-state index contributed by atoms with van der Waals surface area (Å²) in [5.41, 5.74) is 7.32. The number of aliphatic hydroxyl groups is 1. The largest absolute Gasteiger partial charge is 0.506 e. The zero-order valence-corrected chi connectivity index (χ0v) is 13.9. The maximum absolute atomic E-state index is 10.7. The van der Waals surface area contributed by atoms with Gasteiger partial charge < -0.3 is 26.4 Å². The third-order valence-corrected chi connectivity index (χ3v) is 4.22. The predicted octanol–water partition coefficient (Wildman–Crippen LogP) is 1.52. The summed E-state index contributed by atoms with van der Waals surface area (Å²) in [5.74, 6) is 0.0110. The van der Waals surface area contributed by atoms with Gasteiger partial charge in [0.25, 0.3) is 0 Å². The quantitative estimate of drug-likeness (QED) is 0.567. The average Bonchev–Trinajstić information content (AvgIpc) is 2.57. The Balaban J connectivity index is 0.00000208. The molecule has 1 atom stereocenters. The number of aliphatic hydroxyl groups excluding tert-OH is 1. The van der Waals surface area contributed by atoms with E-state index in [1.165, 1.54) is 12.3 Å². The van der Waals surface area contributed by atoms with E-state index in [0.29, 0.717) is 17.7 Å². The van der Waals surface area contributed by atoms with Crippen LogP contribution in [0.3, 0.4) is 0 Å². The molecule has 0 bridgehead atoms. The van der Waals surface area contributed by atoms with Gasteiger partial charge in [-0.25, -0.2) is 4.98 Å². The minimum atomic E-state index is -0.299. The van der Waals surface area contributed by atoms with Crippen LogP contribution in [0, 0.1) is 0 Å². The number of pyridine rings is 2. The van der Waals surface area contributed by atoms with E-state index in [-0.39, 0.29) is 53.6 Å². The molecule has 3 heterocycles. The fraction of sp³-hybridized carbons (Fsp3) is 0.375. The molecule has 1 aliphatic heterocycles. The first-order chi connectivity index (χ1) is 11.1. The number of nitrogen functional groups attached to an aromatic ring is 1. The minimum absolute atomic E-state index is 0. The van der Waals surface area contributed by atoms with Gasteiger partial charge in [-0.2, -0.15) is 0 Å². The van der Waals surface area contributed by atoms with Crippen molar-refractivity contribution in [2.45, 2.75) is 25.4 Å². The molecule has 0 radical (unpaired) electrons. The number of rotatable bonds is 3. The number of anilines is 1. The van der Waals surface area contributed by atoms with Crippen molar-refractivity contribution in [1.29, 1.82) is 0 Å². The van der Waals surface area contributed by atoms with Crippen molar-refractivity contribution in [3.63, 3.8) is 0 Å². The summed E-state index contributed by atoms with van der Waals surface area (Å²) in [4.78, 5) is 8.24. The monoisotopic (exact) mass is 352 g/mol. The number of piperidine rings is 1. The van der Waals surface area contributed by atoms with Crippen LogP contribution in [-0.2, 0) is 6.61 Å². The van der Waals surface area contributed by atoms with E-state index in [0.717, 1.165) is 19.4 Å². The highest BCUT2D eigenvalue weighted by atomic mass is 35.5. The first kappa shape index (κ1) is 18.3. The second-order valence-electron chi connectivity index (χ2n) is 5.66. The summed E-state index contributed by atoms with van der Waals surface area (Å²) >= 11 is 0. The lowest BCUT2D eigenvalue weighted by atomic mass is 9.87. The molecule has 1 aliphatic rings. The number of aromatic nitrogens is 2. The van der Waals surface area contributed by atoms with E-state index in [9.17, 15) is 15.3 Å². The molecular formula is C16H21ClN4O3. The van der Waals surface area contributed by atoms with E-state index >= 15 is 0 Å². The Morgan fingerprint density at radius 1 is 1.29 bits per heavy atom. The van der Waals surface area contributed by atoms with Gasteiger partial charge in [0, 0.05) is 29.8 Å². The van der Waals surface area contributed by atoms with Crippen LogP contribution in [0.2, 0.25) is 0 Å². The highest BCUT2D eigenvalue weighted by Gasteiger charge is 2.27. The topological polar surface area (TPSA) is 125 Å². The van der Waals surface area contributed by atoms with Gasteiger partial charge in [0.2, 0.25) is 0 Å². The van der Waals surface area contributed by atoms with Gasteiger partial charge in [-0.1, -0.05) is 0 Å². The van der Waals surface area contributed by atoms with Gasteiger partial charge in [0.05, 0.1) is 6.61 Å². The van der Waals surface area contributed by atoms with Crippen LogP contribution in [0.15, 0.2) is 18.3 Å². The third-order valence-electron chi connectivity index (χ3n) is 4.22. The summed E-state index contributed by atoms with van der Waals surface area (Å²) in [6.07, 6.45) is 3.36. The lowest BCUT2D eigenvalue weighted by Gasteiger charge is -2.27. The van der Waals surface area contributed by atoms with Crippen molar-refractivity contribution < 1.29 is 15.3 Å². The fourth-order valence-electron chi connectivity index (χ4n) is 3.10. The number of aromatic hydroxyl groups is 2. The molecule has 1 saturated heterocycles. The maximum Gasteiger partial charge on any atom is 0.147 e. The summed E-state index contributed by atoms with van der Waals surface area (Å²) in [6.45, 7) is 1.32. The second kappa shape index (κ2) is 7.65. The van der Waals surface area contributed by atoms with E-state index < -0.39 is 0 Å². The van der Waals surface area contributed by atoms with Crippen LogP contribution in [0.25, 0.3) is 11.4 Å². The molecule has 6 N–H and O–H groups in total. The molecule has 7 nitrogen and oxygen atoms in total. The first-order valence-electron chi connectivity index (χ1n) is 7.60. The van der Waals surface area contributed by atoms with Gasteiger partial charge >= 0.3 is 0 Å². The zero-order valence-electron chi connectivity index (χ0n) is 13.1. The molecule has 0 amide bonds. The SMILES string of the molecule is Cl.Nc1nc(-c2ncccc2O)c(O)c(C2CCCNC2)c1CO. The predicted molar refractivity (Wildman–Crippen MR) is 93.2 cm³/mol. The molecule has 8 heteroatoms. The zero-order chi connectivity index (χ0) is 16.4. The molecule has 1 fully saturated rings. The molecule has 0 aromatic carbocycles. The number of nitrogens with one attached hydrogen (secondary N) is 1. The number of nitrogens with zero attached hydrogens (tertiary/aromatic N) is 2. The van der Waals surface area contributed by atoms with Gasteiger partial charge in [-0.3, -0.25) is 4.98 Å². The van der Waals surface area contributed by atoms with Crippen LogP contribution in [0.1, 0.15) is 29.9 Å². The fourth-order valence-corrected chi connectivity index (χ4v) is 3.10. The van der Waals surface area contributed by atoms with Gasteiger partial charge in [-0.05, 0) is 31.5 Å². The first-order valence-corrected chi connectivity index (χ1v) is 7.60. The Hall–Kier alpha value is -2.09. The molecule has 0 saturated carbocycles. The molecule has 1 unspecified atom stereocenters. The number of nitrogens with two attached hydrogens (primary N) is 1. The Bertz CT molecular complexity index is 721. The molecule has 0 spiro atoms. The lowest BCUT2D eigenvalue weighted by molar-refractivity contribution is 0.278. The lowest BCUT2D eigenvalue weighted by Crippen LogP contribution is -2.29. The Morgan fingerprint density at radius 2 is 2.08 bits per heavy atom. The van der Waals surface area contributed by atoms with E-state index in [4.69, 9.17) is 5.73 Å². The smallest absolute Gasteiger partial charge is 0.147 e. The maximum atomic E-state index is 10.7. The third kappa shape index (κ3) is 3.24. The summed E-state index contributed by atoms with van der Waals surface area (Å²) in [7, 11) is 0. The molecule has 2 aromatic heterocycles. The van der Waals surface area contributed by atoms with Crippen molar-refractivity contribution in [3.8, 4) is 22.9 Å². The van der Waals surface area contributed by atoms with E-state index in [1.54, 1.807) is 6.07 Å². The number of hydrogen-bond donors (Lipinski definition) is 5. The normalized spacial score (nSPS) is 17.3. The van der Waals surface area contributed by atoms with Crippen molar-refractivity contribution in [2.75, 3.05) is 18.8 Å². The van der Waals surface area contributed by atoms with E-state index in [1.807, 2.05) is 0 Å². The van der Waals surface area contributed by atoms with Crippen LogP contribution >= 0.6 is 12.4 Å². The minimum Gasteiger partial charge on any atom is -0.506 e. The average molecular weight is 353 g/mol. The van der Waals surface area contributed by atoms with Gasteiger partial charge in [0.15, 0.2) is 0 Å². The van der Waals surface area contributed by atoms with Crippen molar-refractivity contribution in [2.24, 2.45) is 0 Å². The summed E-state index contributed by atoms with van der Waals surface area (Å²) in [5, 5.41) is 33.7.